The summed E-state index contributed by atoms with van der Waals surface area (Å²) in [7, 11) is 0. The van der Waals surface area contributed by atoms with E-state index in [0.29, 0.717) is 0 Å². The van der Waals surface area contributed by atoms with Gasteiger partial charge in [-0.15, -0.1) is 0 Å². The van der Waals surface area contributed by atoms with Crippen molar-refractivity contribution in [3.63, 3.8) is 0 Å². The Labute approximate surface area is 74.1 Å². The molecule has 0 fully saturated rings. The lowest BCUT2D eigenvalue weighted by atomic mass is 10.1. The molecule has 0 saturated heterocycles. The highest BCUT2D eigenvalue weighted by molar-refractivity contribution is 5.47. The molecule has 1 heteroatoms. The summed E-state index contributed by atoms with van der Waals surface area (Å²) >= 11 is 0. The molecule has 0 atom stereocenters. The van der Waals surface area contributed by atoms with Crippen molar-refractivity contribution in [3.8, 4) is 0 Å². The average molecular weight is 161 g/mol. The topological polar surface area (TPSA) is 12.0 Å². The Morgan fingerprint density at radius 2 is 2.33 bits per heavy atom. The Balaban J connectivity index is 2.66. The number of rotatable bonds is 4. The molecule has 0 spiro atoms. The van der Waals surface area contributed by atoms with Gasteiger partial charge in [-0.25, -0.2) is 0 Å². The molecular formula is C11H15N. The maximum absolute atomic E-state index is 3.73. The smallest absolute Gasteiger partial charge is 0.0205 e. The van der Waals surface area contributed by atoms with Gasteiger partial charge in [-0.3, -0.25) is 0 Å². The van der Waals surface area contributed by atoms with Crippen LogP contribution in [0, 0.1) is 0 Å². The van der Waals surface area contributed by atoms with Crippen LogP contribution in [0.25, 0.3) is 6.08 Å². The largest absolute Gasteiger partial charge is 0.313 e. The lowest BCUT2D eigenvalue weighted by Gasteiger charge is -2.02. The number of hydrogen-bond acceptors (Lipinski definition) is 1. The van der Waals surface area contributed by atoms with Crippen LogP contribution in [0.15, 0.2) is 30.8 Å². The fourth-order valence-electron chi connectivity index (χ4n) is 1.10. The van der Waals surface area contributed by atoms with Gasteiger partial charge in [0.1, 0.15) is 0 Å². The average Bonchev–Trinajstić information content (AvgIpc) is 2.15. The van der Waals surface area contributed by atoms with Gasteiger partial charge in [-0.05, 0) is 17.7 Å². The highest BCUT2D eigenvalue weighted by Gasteiger charge is 1.91. The third-order valence-electron chi connectivity index (χ3n) is 1.77. The second-order valence-corrected chi connectivity index (χ2v) is 2.73. The van der Waals surface area contributed by atoms with E-state index in [-0.39, 0.29) is 0 Å². The first kappa shape index (κ1) is 9.01. The third-order valence-corrected chi connectivity index (χ3v) is 1.77. The first-order valence-corrected chi connectivity index (χ1v) is 4.29. The van der Waals surface area contributed by atoms with Crippen LogP contribution in [0.4, 0.5) is 0 Å². The summed E-state index contributed by atoms with van der Waals surface area (Å²) in [4.78, 5) is 0. The molecule has 1 nitrogen and oxygen atoms in total. The molecule has 1 aromatic carbocycles. The summed E-state index contributed by atoms with van der Waals surface area (Å²) in [5, 5.41) is 3.28. The SMILES string of the molecule is C=Cc1cccc(CNCC)c1. The molecule has 12 heavy (non-hydrogen) atoms. The van der Waals surface area contributed by atoms with Crippen LogP contribution in [0.3, 0.4) is 0 Å². The molecule has 1 N–H and O–H groups in total. The second kappa shape index (κ2) is 4.73. The lowest BCUT2D eigenvalue weighted by molar-refractivity contribution is 0.727. The summed E-state index contributed by atoms with van der Waals surface area (Å²) in [5.41, 5.74) is 2.50. The molecule has 0 aliphatic rings. The van der Waals surface area contributed by atoms with E-state index in [2.05, 4.69) is 43.1 Å². The maximum Gasteiger partial charge on any atom is 0.0205 e. The summed E-state index contributed by atoms with van der Waals surface area (Å²) < 4.78 is 0. The van der Waals surface area contributed by atoms with Crippen LogP contribution < -0.4 is 5.32 Å². The van der Waals surface area contributed by atoms with Gasteiger partial charge in [0.15, 0.2) is 0 Å². The van der Waals surface area contributed by atoms with E-state index in [1.165, 1.54) is 11.1 Å². The Morgan fingerprint density at radius 3 is 3.00 bits per heavy atom. The summed E-state index contributed by atoms with van der Waals surface area (Å²) in [6.07, 6.45) is 1.87. The Morgan fingerprint density at radius 1 is 1.50 bits per heavy atom. The van der Waals surface area contributed by atoms with Crippen molar-refractivity contribution in [2.45, 2.75) is 13.5 Å². The molecule has 64 valence electrons. The van der Waals surface area contributed by atoms with Crippen molar-refractivity contribution in [1.82, 2.24) is 5.32 Å². The molecule has 1 rings (SSSR count). The Hall–Kier alpha value is -1.08. The molecule has 0 saturated carbocycles. The van der Waals surface area contributed by atoms with Gasteiger partial charge in [0.05, 0.1) is 0 Å². The molecule has 0 bridgehead atoms. The molecule has 0 aromatic heterocycles. The molecule has 1 aromatic rings. The molecule has 0 aliphatic carbocycles. The van der Waals surface area contributed by atoms with Crippen molar-refractivity contribution in [2.24, 2.45) is 0 Å². The predicted octanol–water partition coefficient (Wildman–Crippen LogP) is 2.44. The van der Waals surface area contributed by atoms with Crippen LogP contribution in [0.5, 0.6) is 0 Å². The van der Waals surface area contributed by atoms with Gasteiger partial charge in [-0.1, -0.05) is 43.8 Å². The predicted molar refractivity (Wildman–Crippen MR) is 53.9 cm³/mol. The molecule has 0 unspecified atom stereocenters. The monoisotopic (exact) mass is 161 g/mol. The van der Waals surface area contributed by atoms with Crippen molar-refractivity contribution >= 4 is 6.08 Å². The van der Waals surface area contributed by atoms with Gasteiger partial charge >= 0.3 is 0 Å². The molecule has 0 aliphatic heterocycles. The van der Waals surface area contributed by atoms with Crippen LogP contribution >= 0.6 is 0 Å². The van der Waals surface area contributed by atoms with E-state index in [1.807, 2.05) is 6.08 Å². The van der Waals surface area contributed by atoms with Crippen LogP contribution in [-0.2, 0) is 6.54 Å². The fourth-order valence-corrected chi connectivity index (χ4v) is 1.10. The standard InChI is InChI=1S/C11H15N/c1-3-10-6-5-7-11(8-10)9-12-4-2/h3,5-8,12H,1,4,9H2,2H3. The van der Waals surface area contributed by atoms with E-state index < -0.39 is 0 Å². The van der Waals surface area contributed by atoms with Gasteiger partial charge in [0.25, 0.3) is 0 Å². The van der Waals surface area contributed by atoms with Crippen molar-refractivity contribution in [3.05, 3.63) is 42.0 Å². The van der Waals surface area contributed by atoms with Gasteiger partial charge in [0, 0.05) is 6.54 Å². The number of hydrogen-bond donors (Lipinski definition) is 1. The van der Waals surface area contributed by atoms with Crippen LogP contribution in [0.2, 0.25) is 0 Å². The van der Waals surface area contributed by atoms with E-state index in [9.17, 15) is 0 Å². The van der Waals surface area contributed by atoms with Crippen molar-refractivity contribution < 1.29 is 0 Å². The quantitative estimate of drug-likeness (QED) is 0.715. The van der Waals surface area contributed by atoms with Crippen LogP contribution in [-0.4, -0.2) is 6.54 Å². The summed E-state index contributed by atoms with van der Waals surface area (Å²) in [6, 6.07) is 8.39. The van der Waals surface area contributed by atoms with Gasteiger partial charge in [-0.2, -0.15) is 0 Å². The first-order valence-electron chi connectivity index (χ1n) is 4.29. The van der Waals surface area contributed by atoms with E-state index in [4.69, 9.17) is 0 Å². The van der Waals surface area contributed by atoms with Crippen molar-refractivity contribution in [1.29, 1.82) is 0 Å². The molecule has 0 heterocycles. The maximum atomic E-state index is 3.73. The Kier molecular flexibility index (Phi) is 3.55. The minimum atomic E-state index is 0.943. The number of nitrogens with one attached hydrogen (secondary N) is 1. The Bertz CT molecular complexity index is 253. The first-order chi connectivity index (χ1) is 5.86. The summed E-state index contributed by atoms with van der Waals surface area (Å²) in [6.45, 7) is 7.80. The van der Waals surface area contributed by atoms with Crippen LogP contribution in [0.1, 0.15) is 18.1 Å². The van der Waals surface area contributed by atoms with Gasteiger partial charge < -0.3 is 5.32 Å². The highest BCUT2D eigenvalue weighted by Crippen LogP contribution is 2.05. The number of benzene rings is 1. The molecule has 0 radical (unpaired) electrons. The lowest BCUT2D eigenvalue weighted by Crippen LogP contribution is -2.11. The minimum absolute atomic E-state index is 0.943. The highest BCUT2D eigenvalue weighted by atomic mass is 14.8. The summed E-state index contributed by atoms with van der Waals surface area (Å²) in [5.74, 6) is 0. The van der Waals surface area contributed by atoms with Gasteiger partial charge in [0.2, 0.25) is 0 Å². The zero-order chi connectivity index (χ0) is 8.81. The third kappa shape index (κ3) is 2.51. The van der Waals surface area contributed by atoms with Crippen molar-refractivity contribution in [2.75, 3.05) is 6.54 Å². The normalized spacial score (nSPS) is 9.75. The van der Waals surface area contributed by atoms with E-state index in [1.54, 1.807) is 0 Å². The molecule has 0 amide bonds. The zero-order valence-corrected chi connectivity index (χ0v) is 7.51. The molecular weight excluding hydrogens is 146 g/mol. The van der Waals surface area contributed by atoms with E-state index in [0.717, 1.165) is 13.1 Å². The minimum Gasteiger partial charge on any atom is -0.313 e. The van der Waals surface area contributed by atoms with E-state index >= 15 is 0 Å². The second-order valence-electron chi connectivity index (χ2n) is 2.73. The zero-order valence-electron chi connectivity index (χ0n) is 7.51. The fraction of sp³-hybridized carbons (Fsp3) is 0.273.